The molecule has 0 radical (unpaired) electrons. The van der Waals surface area contributed by atoms with Gasteiger partial charge in [0, 0.05) is 11.8 Å². The molecule has 0 aliphatic heterocycles. The molecule has 104 valence electrons. The zero-order valence-corrected chi connectivity index (χ0v) is 9.76. The van der Waals surface area contributed by atoms with Crippen LogP contribution in [-0.4, -0.2) is 27.4 Å². The molecule has 2 aromatic rings. The van der Waals surface area contributed by atoms with Gasteiger partial charge in [-0.15, -0.1) is 13.2 Å². The molecule has 0 atom stereocenters. The predicted molar refractivity (Wildman–Crippen MR) is 61.1 cm³/mol. The first kappa shape index (κ1) is 13.8. The number of alkyl halides is 3. The van der Waals surface area contributed by atoms with Crippen molar-refractivity contribution in [1.29, 1.82) is 0 Å². The number of carboxylic acid groups (broad SMARTS) is 1. The highest BCUT2D eigenvalue weighted by atomic mass is 19.4. The predicted octanol–water partition coefficient (Wildman–Crippen LogP) is 2.74. The maximum absolute atomic E-state index is 12.0. The van der Waals surface area contributed by atoms with Crippen LogP contribution in [0.5, 0.6) is 5.75 Å². The van der Waals surface area contributed by atoms with Crippen LogP contribution in [0.15, 0.2) is 36.8 Å². The smallest absolute Gasteiger partial charge is 0.478 e. The highest BCUT2D eigenvalue weighted by molar-refractivity contribution is 5.94. The van der Waals surface area contributed by atoms with Crippen LogP contribution >= 0.6 is 0 Å². The molecule has 0 amide bonds. The fourth-order valence-corrected chi connectivity index (χ4v) is 1.53. The number of aromatic nitrogens is 2. The molecule has 0 spiro atoms. The van der Waals surface area contributed by atoms with Gasteiger partial charge < -0.3 is 9.84 Å². The van der Waals surface area contributed by atoms with Crippen molar-refractivity contribution in [1.82, 2.24) is 9.97 Å². The third-order valence-corrected chi connectivity index (χ3v) is 2.30. The Morgan fingerprint density at radius 2 is 1.85 bits per heavy atom. The van der Waals surface area contributed by atoms with Crippen molar-refractivity contribution in [2.24, 2.45) is 0 Å². The standard InChI is InChI=1S/C12H7F3N2O3/c13-12(14,15)20-8-3-1-7(2-4-8)10-9(11(18)19)5-16-6-17-10/h1-6H,(H,18,19). The number of rotatable bonds is 3. The number of aromatic carboxylic acids is 1. The first-order chi connectivity index (χ1) is 9.37. The molecule has 0 unspecified atom stereocenters. The first-order valence-electron chi connectivity index (χ1n) is 5.26. The Morgan fingerprint density at radius 3 is 2.40 bits per heavy atom. The van der Waals surface area contributed by atoms with Crippen molar-refractivity contribution in [3.63, 3.8) is 0 Å². The molecule has 0 saturated carbocycles. The van der Waals surface area contributed by atoms with Crippen LogP contribution < -0.4 is 4.74 Å². The van der Waals surface area contributed by atoms with Gasteiger partial charge in [0.1, 0.15) is 17.6 Å². The van der Waals surface area contributed by atoms with E-state index in [1.807, 2.05) is 0 Å². The molecule has 0 aliphatic rings. The van der Waals surface area contributed by atoms with Crippen molar-refractivity contribution in [3.8, 4) is 17.0 Å². The average Bonchev–Trinajstić information content (AvgIpc) is 2.38. The van der Waals surface area contributed by atoms with Crippen LogP contribution in [0.3, 0.4) is 0 Å². The lowest BCUT2D eigenvalue weighted by Crippen LogP contribution is -2.16. The minimum absolute atomic E-state index is 0.117. The van der Waals surface area contributed by atoms with E-state index in [2.05, 4.69) is 14.7 Å². The Hall–Kier alpha value is -2.64. The molecule has 0 aliphatic carbocycles. The second-order valence-electron chi connectivity index (χ2n) is 3.66. The number of halogens is 3. The number of nitrogens with zero attached hydrogens (tertiary/aromatic N) is 2. The molecule has 1 aromatic heterocycles. The highest BCUT2D eigenvalue weighted by Crippen LogP contribution is 2.26. The number of carbonyl (C=O) groups is 1. The van der Waals surface area contributed by atoms with Crippen molar-refractivity contribution >= 4 is 5.97 Å². The second kappa shape index (κ2) is 5.16. The van der Waals surface area contributed by atoms with Gasteiger partial charge in [-0.3, -0.25) is 0 Å². The largest absolute Gasteiger partial charge is 0.573 e. The van der Waals surface area contributed by atoms with Crippen LogP contribution in [0.2, 0.25) is 0 Å². The van der Waals surface area contributed by atoms with Crippen molar-refractivity contribution in [3.05, 3.63) is 42.4 Å². The van der Waals surface area contributed by atoms with E-state index < -0.39 is 18.1 Å². The number of hydrogen-bond donors (Lipinski definition) is 1. The average molecular weight is 284 g/mol. The molecule has 8 heteroatoms. The molecular weight excluding hydrogens is 277 g/mol. The summed E-state index contributed by atoms with van der Waals surface area (Å²) in [6.07, 6.45) is -2.50. The summed E-state index contributed by atoms with van der Waals surface area (Å²) in [4.78, 5) is 18.4. The molecule has 0 saturated heterocycles. The Morgan fingerprint density at radius 1 is 1.20 bits per heavy atom. The third kappa shape index (κ3) is 3.22. The van der Waals surface area contributed by atoms with Gasteiger partial charge in [-0.25, -0.2) is 14.8 Å². The maximum atomic E-state index is 12.0. The number of ether oxygens (including phenoxy) is 1. The fourth-order valence-electron chi connectivity index (χ4n) is 1.53. The normalized spacial score (nSPS) is 11.2. The molecular formula is C12H7F3N2O3. The van der Waals surface area contributed by atoms with Crippen LogP contribution in [0.25, 0.3) is 11.3 Å². The molecule has 0 bridgehead atoms. The summed E-state index contributed by atoms with van der Waals surface area (Å²) in [6.45, 7) is 0. The Balaban J connectivity index is 2.33. The van der Waals surface area contributed by atoms with Gasteiger partial charge in [-0.1, -0.05) is 0 Å². The summed E-state index contributed by atoms with van der Waals surface area (Å²) >= 11 is 0. The van der Waals surface area contributed by atoms with E-state index in [4.69, 9.17) is 5.11 Å². The fraction of sp³-hybridized carbons (Fsp3) is 0.0833. The summed E-state index contributed by atoms with van der Waals surface area (Å²) in [6, 6.07) is 4.73. The SMILES string of the molecule is O=C(O)c1cncnc1-c1ccc(OC(F)(F)F)cc1. The minimum Gasteiger partial charge on any atom is -0.478 e. The van der Waals surface area contributed by atoms with Crippen molar-refractivity contribution < 1.29 is 27.8 Å². The molecule has 2 rings (SSSR count). The zero-order valence-electron chi connectivity index (χ0n) is 9.76. The number of benzene rings is 1. The lowest BCUT2D eigenvalue weighted by atomic mass is 10.1. The Bertz CT molecular complexity index is 627. The van der Waals surface area contributed by atoms with Crippen LogP contribution in [0.1, 0.15) is 10.4 Å². The zero-order chi connectivity index (χ0) is 14.8. The van der Waals surface area contributed by atoms with Crippen molar-refractivity contribution in [2.75, 3.05) is 0 Å². The van der Waals surface area contributed by atoms with Gasteiger partial charge in [0.15, 0.2) is 0 Å². The summed E-state index contributed by atoms with van der Waals surface area (Å²) in [5, 5.41) is 8.98. The second-order valence-corrected chi connectivity index (χ2v) is 3.66. The summed E-state index contributed by atoms with van der Waals surface area (Å²) < 4.78 is 39.8. The van der Waals surface area contributed by atoms with Crippen LogP contribution in [-0.2, 0) is 0 Å². The van der Waals surface area contributed by atoms with Gasteiger partial charge >= 0.3 is 12.3 Å². The van der Waals surface area contributed by atoms with E-state index in [0.29, 0.717) is 5.56 Å². The molecule has 1 heterocycles. The van der Waals surface area contributed by atoms with E-state index in [0.717, 1.165) is 24.7 Å². The van der Waals surface area contributed by atoms with Gasteiger partial charge in [-0.2, -0.15) is 0 Å². The number of hydrogen-bond acceptors (Lipinski definition) is 4. The van der Waals surface area contributed by atoms with E-state index >= 15 is 0 Å². The lowest BCUT2D eigenvalue weighted by molar-refractivity contribution is -0.274. The summed E-state index contributed by atoms with van der Waals surface area (Å²) in [5.74, 6) is -1.62. The lowest BCUT2D eigenvalue weighted by Gasteiger charge is -2.09. The minimum atomic E-state index is -4.78. The van der Waals surface area contributed by atoms with E-state index in [-0.39, 0.29) is 11.3 Å². The summed E-state index contributed by atoms with van der Waals surface area (Å²) in [5.41, 5.74) is 0.322. The van der Waals surface area contributed by atoms with E-state index in [1.54, 1.807) is 0 Å². The van der Waals surface area contributed by atoms with E-state index in [9.17, 15) is 18.0 Å². The molecule has 1 aromatic carbocycles. The number of carboxylic acids is 1. The summed E-state index contributed by atoms with van der Waals surface area (Å²) in [7, 11) is 0. The van der Waals surface area contributed by atoms with Gasteiger partial charge in [0.2, 0.25) is 0 Å². The van der Waals surface area contributed by atoms with Gasteiger partial charge in [0.25, 0.3) is 0 Å². The third-order valence-electron chi connectivity index (χ3n) is 2.30. The topological polar surface area (TPSA) is 72.3 Å². The Kier molecular flexibility index (Phi) is 3.55. The Labute approximate surface area is 110 Å². The molecule has 1 N–H and O–H groups in total. The van der Waals surface area contributed by atoms with Crippen LogP contribution in [0.4, 0.5) is 13.2 Å². The van der Waals surface area contributed by atoms with Crippen molar-refractivity contribution in [2.45, 2.75) is 6.36 Å². The van der Waals surface area contributed by atoms with Gasteiger partial charge in [0.05, 0.1) is 5.69 Å². The molecule has 0 fully saturated rings. The highest BCUT2D eigenvalue weighted by Gasteiger charge is 2.31. The molecule has 5 nitrogen and oxygen atoms in total. The maximum Gasteiger partial charge on any atom is 0.573 e. The quantitative estimate of drug-likeness (QED) is 0.938. The first-order valence-corrected chi connectivity index (χ1v) is 5.26. The van der Waals surface area contributed by atoms with Gasteiger partial charge in [-0.05, 0) is 24.3 Å². The van der Waals surface area contributed by atoms with E-state index in [1.165, 1.54) is 12.1 Å². The molecule has 20 heavy (non-hydrogen) atoms. The monoisotopic (exact) mass is 284 g/mol. The van der Waals surface area contributed by atoms with Crippen LogP contribution in [0, 0.1) is 0 Å².